The van der Waals surface area contributed by atoms with Crippen molar-refractivity contribution in [3.63, 3.8) is 0 Å². The van der Waals surface area contributed by atoms with Crippen molar-refractivity contribution in [2.75, 3.05) is 11.9 Å². The van der Waals surface area contributed by atoms with Crippen molar-refractivity contribution in [2.45, 2.75) is 19.9 Å². The van der Waals surface area contributed by atoms with Crippen LogP contribution in [0.3, 0.4) is 0 Å². The minimum atomic E-state index is 0.106. The summed E-state index contributed by atoms with van der Waals surface area (Å²) in [6.45, 7) is 4.82. The van der Waals surface area contributed by atoms with E-state index in [0.29, 0.717) is 23.4 Å². The minimum absolute atomic E-state index is 0.106. The minimum Gasteiger partial charge on any atom is -0.353 e. The maximum Gasteiger partial charge on any atom is 0.222 e. The molecule has 0 radical (unpaired) electrons. The Kier molecular flexibility index (Phi) is 4.10. The summed E-state index contributed by atoms with van der Waals surface area (Å²) in [5.74, 6) is 1.00. The number of hydrogen-bond acceptors (Lipinski definition) is 4. The van der Waals surface area contributed by atoms with Crippen LogP contribution in [0, 0.1) is 5.92 Å². The number of aromatic nitrogens is 2. The maximum atomic E-state index is 5.85. The second-order valence-corrected chi connectivity index (χ2v) is 3.95. The second kappa shape index (κ2) is 5.12. The summed E-state index contributed by atoms with van der Waals surface area (Å²) >= 11 is 5.65. The fourth-order valence-corrected chi connectivity index (χ4v) is 0.946. The topological polar surface area (TPSA) is 63.8 Å². The monoisotopic (exact) mass is 214 g/mol. The highest BCUT2D eigenvalue weighted by Gasteiger charge is 2.07. The molecule has 1 aromatic heterocycles. The van der Waals surface area contributed by atoms with E-state index < -0.39 is 0 Å². The zero-order valence-corrected chi connectivity index (χ0v) is 9.12. The fraction of sp³-hybridized carbons (Fsp3) is 0.556. The third kappa shape index (κ3) is 3.47. The van der Waals surface area contributed by atoms with Gasteiger partial charge in [-0.3, -0.25) is 0 Å². The number of nitrogens with zero attached hydrogens (tertiary/aromatic N) is 2. The van der Waals surface area contributed by atoms with Gasteiger partial charge >= 0.3 is 0 Å². The van der Waals surface area contributed by atoms with Crippen LogP contribution in [0.15, 0.2) is 12.4 Å². The van der Waals surface area contributed by atoms with Crippen molar-refractivity contribution in [1.82, 2.24) is 9.97 Å². The SMILES string of the molecule is CC(C)C(N)CNc1ncc(Cl)cn1. The molecule has 0 amide bonds. The van der Waals surface area contributed by atoms with Crippen LogP contribution in [0.4, 0.5) is 5.95 Å². The Balaban J connectivity index is 2.42. The second-order valence-electron chi connectivity index (χ2n) is 3.51. The molecule has 1 unspecified atom stereocenters. The van der Waals surface area contributed by atoms with E-state index in [0.717, 1.165) is 0 Å². The molecule has 0 fully saturated rings. The van der Waals surface area contributed by atoms with Gasteiger partial charge in [0.1, 0.15) is 0 Å². The van der Waals surface area contributed by atoms with Gasteiger partial charge in [0.25, 0.3) is 0 Å². The summed E-state index contributed by atoms with van der Waals surface area (Å²) in [7, 11) is 0. The molecule has 0 aliphatic heterocycles. The van der Waals surface area contributed by atoms with E-state index in [-0.39, 0.29) is 6.04 Å². The molecule has 0 saturated carbocycles. The van der Waals surface area contributed by atoms with Crippen LogP contribution in [-0.4, -0.2) is 22.6 Å². The van der Waals surface area contributed by atoms with Gasteiger partial charge in [0.15, 0.2) is 0 Å². The summed E-state index contributed by atoms with van der Waals surface area (Å²) in [6.07, 6.45) is 3.11. The first-order chi connectivity index (χ1) is 6.59. The number of halogens is 1. The molecule has 5 heteroatoms. The van der Waals surface area contributed by atoms with Crippen LogP contribution in [0.2, 0.25) is 5.02 Å². The standard InChI is InChI=1S/C9H15ClN4/c1-6(2)8(11)5-14-9-12-3-7(10)4-13-9/h3-4,6,8H,5,11H2,1-2H3,(H,12,13,14). The van der Waals surface area contributed by atoms with Crippen LogP contribution in [0.25, 0.3) is 0 Å². The highest BCUT2D eigenvalue weighted by atomic mass is 35.5. The zero-order valence-electron chi connectivity index (χ0n) is 8.37. The van der Waals surface area contributed by atoms with Gasteiger partial charge in [-0.25, -0.2) is 9.97 Å². The van der Waals surface area contributed by atoms with Gasteiger partial charge in [-0.15, -0.1) is 0 Å². The molecule has 78 valence electrons. The fourth-order valence-electron chi connectivity index (χ4n) is 0.848. The molecule has 4 nitrogen and oxygen atoms in total. The molecule has 0 saturated heterocycles. The molecular weight excluding hydrogens is 200 g/mol. The zero-order chi connectivity index (χ0) is 10.6. The summed E-state index contributed by atoms with van der Waals surface area (Å²) in [4.78, 5) is 8.00. The molecule has 1 heterocycles. The molecular formula is C9H15ClN4. The van der Waals surface area contributed by atoms with Crippen molar-refractivity contribution in [2.24, 2.45) is 11.7 Å². The quantitative estimate of drug-likeness (QED) is 0.798. The third-order valence-corrected chi connectivity index (χ3v) is 2.17. The van der Waals surface area contributed by atoms with Crippen molar-refractivity contribution < 1.29 is 0 Å². The van der Waals surface area contributed by atoms with Crippen LogP contribution in [0.5, 0.6) is 0 Å². The van der Waals surface area contributed by atoms with Gasteiger partial charge in [0.2, 0.25) is 5.95 Å². The van der Waals surface area contributed by atoms with Crippen LogP contribution < -0.4 is 11.1 Å². The number of nitrogens with two attached hydrogens (primary N) is 1. The van der Waals surface area contributed by atoms with Crippen molar-refractivity contribution in [3.05, 3.63) is 17.4 Å². The molecule has 1 atom stereocenters. The average Bonchev–Trinajstić information content (AvgIpc) is 2.16. The van der Waals surface area contributed by atoms with E-state index >= 15 is 0 Å². The average molecular weight is 215 g/mol. The first-order valence-electron chi connectivity index (χ1n) is 4.56. The molecule has 1 aromatic rings. The molecule has 0 aromatic carbocycles. The Bertz CT molecular complexity index is 273. The van der Waals surface area contributed by atoms with Gasteiger partial charge in [-0.2, -0.15) is 0 Å². The summed E-state index contributed by atoms with van der Waals surface area (Å²) < 4.78 is 0. The van der Waals surface area contributed by atoms with E-state index in [1.807, 2.05) is 0 Å². The Morgan fingerprint density at radius 1 is 1.43 bits per heavy atom. The molecule has 0 aliphatic carbocycles. The predicted octanol–water partition coefficient (Wildman–Crippen LogP) is 1.53. The lowest BCUT2D eigenvalue weighted by Crippen LogP contribution is -2.34. The van der Waals surface area contributed by atoms with Gasteiger partial charge in [-0.05, 0) is 5.92 Å². The van der Waals surface area contributed by atoms with Crippen LogP contribution >= 0.6 is 11.6 Å². The van der Waals surface area contributed by atoms with Crippen LogP contribution in [-0.2, 0) is 0 Å². The van der Waals surface area contributed by atoms with Gasteiger partial charge in [0, 0.05) is 12.6 Å². The van der Waals surface area contributed by atoms with Gasteiger partial charge in [0.05, 0.1) is 17.4 Å². The lowest BCUT2D eigenvalue weighted by molar-refractivity contribution is 0.510. The molecule has 0 bridgehead atoms. The van der Waals surface area contributed by atoms with Gasteiger partial charge < -0.3 is 11.1 Å². The maximum absolute atomic E-state index is 5.85. The van der Waals surface area contributed by atoms with Crippen LogP contribution in [0.1, 0.15) is 13.8 Å². The number of rotatable bonds is 4. The van der Waals surface area contributed by atoms with E-state index in [1.165, 1.54) is 0 Å². The smallest absolute Gasteiger partial charge is 0.222 e. The largest absolute Gasteiger partial charge is 0.353 e. The summed E-state index contributed by atoms with van der Waals surface area (Å²) in [5, 5.41) is 3.58. The highest BCUT2D eigenvalue weighted by molar-refractivity contribution is 6.30. The highest BCUT2D eigenvalue weighted by Crippen LogP contribution is 2.06. The Morgan fingerprint density at radius 2 is 2.00 bits per heavy atom. The summed E-state index contributed by atoms with van der Waals surface area (Å²) in [5.41, 5.74) is 5.85. The normalized spacial score (nSPS) is 12.9. The van der Waals surface area contributed by atoms with Crippen molar-refractivity contribution in [3.8, 4) is 0 Å². The molecule has 0 spiro atoms. The van der Waals surface area contributed by atoms with E-state index in [9.17, 15) is 0 Å². The first-order valence-corrected chi connectivity index (χ1v) is 4.94. The Morgan fingerprint density at radius 3 is 2.50 bits per heavy atom. The van der Waals surface area contributed by atoms with Gasteiger partial charge in [-0.1, -0.05) is 25.4 Å². The number of nitrogens with one attached hydrogen (secondary N) is 1. The molecule has 0 aliphatic rings. The molecule has 14 heavy (non-hydrogen) atoms. The number of hydrogen-bond donors (Lipinski definition) is 2. The van der Waals surface area contributed by atoms with E-state index in [4.69, 9.17) is 17.3 Å². The predicted molar refractivity (Wildman–Crippen MR) is 58.3 cm³/mol. The summed E-state index contributed by atoms with van der Waals surface area (Å²) in [6, 6.07) is 0.106. The Hall–Kier alpha value is -0.870. The number of anilines is 1. The third-order valence-electron chi connectivity index (χ3n) is 1.97. The lowest BCUT2D eigenvalue weighted by atomic mass is 10.1. The van der Waals surface area contributed by atoms with E-state index in [1.54, 1.807) is 12.4 Å². The molecule has 3 N–H and O–H groups in total. The lowest BCUT2D eigenvalue weighted by Gasteiger charge is -2.15. The first kappa shape index (κ1) is 11.2. The molecule has 1 rings (SSSR count). The van der Waals surface area contributed by atoms with Crippen molar-refractivity contribution >= 4 is 17.5 Å². The Labute approximate surface area is 88.9 Å². The van der Waals surface area contributed by atoms with E-state index in [2.05, 4.69) is 29.1 Å². The van der Waals surface area contributed by atoms with Crippen molar-refractivity contribution in [1.29, 1.82) is 0 Å².